The quantitative estimate of drug-likeness (QED) is 0.263. The first-order chi connectivity index (χ1) is 18.4. The molecular weight excluding hydrogens is 592 g/mol. The van der Waals surface area contributed by atoms with E-state index in [1.165, 1.54) is 54.6 Å². The van der Waals surface area contributed by atoms with E-state index in [-0.39, 0.29) is 43.3 Å². The summed E-state index contributed by atoms with van der Waals surface area (Å²) in [6.45, 7) is 1.81. The van der Waals surface area contributed by atoms with Gasteiger partial charge in [0.25, 0.3) is 15.9 Å². The van der Waals surface area contributed by atoms with E-state index in [0.29, 0.717) is 12.8 Å². The maximum atomic E-state index is 15.2. The molecular formula is C26H21Cl3FN3O5S. The van der Waals surface area contributed by atoms with Gasteiger partial charge in [-0.2, -0.15) is 5.26 Å². The van der Waals surface area contributed by atoms with Crippen molar-refractivity contribution < 1.29 is 27.1 Å². The number of carbonyl (C=O) groups is 2. The molecule has 0 saturated heterocycles. The van der Waals surface area contributed by atoms with Crippen molar-refractivity contribution in [2.45, 2.75) is 36.5 Å². The predicted molar refractivity (Wildman–Crippen MR) is 146 cm³/mol. The first-order valence-corrected chi connectivity index (χ1v) is 14.1. The van der Waals surface area contributed by atoms with Crippen LogP contribution in [0.25, 0.3) is 0 Å². The van der Waals surface area contributed by atoms with Gasteiger partial charge in [-0.05, 0) is 55.0 Å². The van der Waals surface area contributed by atoms with Gasteiger partial charge in [0.15, 0.2) is 11.6 Å². The number of hydrogen-bond acceptors (Lipinski definition) is 6. The van der Waals surface area contributed by atoms with Crippen molar-refractivity contribution in [1.82, 2.24) is 4.72 Å². The van der Waals surface area contributed by atoms with Crippen LogP contribution in [0.1, 0.15) is 30.9 Å². The van der Waals surface area contributed by atoms with Crippen molar-refractivity contribution in [2.75, 3.05) is 5.32 Å². The predicted octanol–water partition coefficient (Wildman–Crippen LogP) is 6.19. The molecule has 3 rings (SSSR count). The molecule has 39 heavy (non-hydrogen) atoms. The lowest BCUT2D eigenvalue weighted by Gasteiger charge is -2.13. The van der Waals surface area contributed by atoms with Gasteiger partial charge < -0.3 is 10.1 Å². The Morgan fingerprint density at radius 2 is 1.79 bits per heavy atom. The molecule has 1 unspecified atom stereocenters. The Morgan fingerprint density at radius 3 is 2.44 bits per heavy atom. The number of nitrogens with one attached hydrogen (secondary N) is 2. The Kier molecular flexibility index (Phi) is 10.2. The topological polar surface area (TPSA) is 125 Å². The van der Waals surface area contributed by atoms with Gasteiger partial charge in [0.05, 0.1) is 28.0 Å². The van der Waals surface area contributed by atoms with Crippen LogP contribution in [0.3, 0.4) is 0 Å². The molecule has 0 saturated carbocycles. The van der Waals surface area contributed by atoms with Gasteiger partial charge in [-0.3, -0.25) is 9.59 Å². The molecule has 0 aliphatic heterocycles. The second kappa shape index (κ2) is 13.1. The van der Waals surface area contributed by atoms with Crippen LogP contribution in [-0.4, -0.2) is 25.6 Å². The minimum absolute atomic E-state index is 0.0287. The maximum absolute atomic E-state index is 15.2. The third kappa shape index (κ3) is 8.07. The summed E-state index contributed by atoms with van der Waals surface area (Å²) in [4.78, 5) is 24.4. The van der Waals surface area contributed by atoms with Gasteiger partial charge in [-0.15, -0.1) is 11.6 Å². The van der Waals surface area contributed by atoms with Crippen molar-refractivity contribution in [3.05, 3.63) is 81.6 Å². The molecule has 1 atom stereocenters. The molecule has 0 radical (unpaired) electrons. The van der Waals surface area contributed by atoms with Gasteiger partial charge in [-0.1, -0.05) is 42.6 Å². The van der Waals surface area contributed by atoms with E-state index in [9.17, 15) is 18.0 Å². The number of nitriles is 1. The number of rotatable bonds is 10. The fraction of sp³-hybridized carbons (Fsp3) is 0.192. The second-order valence-corrected chi connectivity index (χ2v) is 11.3. The third-order valence-corrected chi connectivity index (χ3v) is 7.51. The lowest BCUT2D eigenvalue weighted by molar-refractivity contribution is -0.119. The van der Waals surface area contributed by atoms with Crippen LogP contribution in [0, 0.1) is 17.1 Å². The molecule has 0 aliphatic carbocycles. The Bertz CT molecular complexity index is 1540. The number of carbonyl (C=O) groups excluding carboxylic acids is 2. The molecule has 0 aromatic heterocycles. The van der Waals surface area contributed by atoms with E-state index < -0.39 is 39.5 Å². The number of halogens is 4. The van der Waals surface area contributed by atoms with Crippen LogP contribution in [0.15, 0.2) is 59.5 Å². The average molecular weight is 613 g/mol. The van der Waals surface area contributed by atoms with E-state index in [1.54, 1.807) is 0 Å². The molecule has 3 aromatic carbocycles. The zero-order chi connectivity index (χ0) is 28.7. The lowest BCUT2D eigenvalue weighted by atomic mass is 10.1. The summed E-state index contributed by atoms with van der Waals surface area (Å²) in [7, 11) is -4.16. The van der Waals surface area contributed by atoms with Crippen molar-refractivity contribution >= 4 is 62.3 Å². The SMILES string of the molecule is CCCC(Cl)C(=O)NS(=O)(=O)c1ccc(NC(=O)Cc2ccc(Cl)c(Oc3cc(Cl)cc(C#N)c3)c2F)cc1. The van der Waals surface area contributed by atoms with E-state index in [1.807, 2.05) is 17.7 Å². The lowest BCUT2D eigenvalue weighted by Crippen LogP contribution is -2.36. The normalized spacial score (nSPS) is 11.8. The Balaban J connectivity index is 1.70. The van der Waals surface area contributed by atoms with Gasteiger partial charge >= 0.3 is 0 Å². The van der Waals surface area contributed by atoms with Crippen molar-refractivity contribution in [1.29, 1.82) is 5.26 Å². The van der Waals surface area contributed by atoms with E-state index in [4.69, 9.17) is 44.8 Å². The van der Waals surface area contributed by atoms with Crippen LogP contribution in [0.2, 0.25) is 10.0 Å². The highest BCUT2D eigenvalue weighted by Crippen LogP contribution is 2.35. The number of ether oxygens (including phenoxy) is 1. The number of alkyl halides is 1. The zero-order valence-electron chi connectivity index (χ0n) is 20.3. The third-order valence-electron chi connectivity index (χ3n) is 5.21. The minimum atomic E-state index is -4.16. The van der Waals surface area contributed by atoms with E-state index in [2.05, 4.69) is 5.32 Å². The van der Waals surface area contributed by atoms with Gasteiger partial charge in [-0.25, -0.2) is 17.5 Å². The van der Waals surface area contributed by atoms with Crippen LogP contribution in [-0.2, 0) is 26.0 Å². The summed E-state index contributed by atoms with van der Waals surface area (Å²) in [5, 5.41) is 10.8. The summed E-state index contributed by atoms with van der Waals surface area (Å²) >= 11 is 17.9. The highest BCUT2D eigenvalue weighted by Gasteiger charge is 2.23. The fourth-order valence-corrected chi connectivity index (χ4v) is 5.11. The van der Waals surface area contributed by atoms with Crippen LogP contribution >= 0.6 is 34.8 Å². The van der Waals surface area contributed by atoms with Gasteiger partial charge in [0.1, 0.15) is 11.1 Å². The first-order valence-electron chi connectivity index (χ1n) is 11.4. The summed E-state index contributed by atoms with van der Waals surface area (Å²) in [5.41, 5.74) is 0.407. The minimum Gasteiger partial charge on any atom is -0.453 e. The summed E-state index contributed by atoms with van der Waals surface area (Å²) in [6, 6.07) is 13.8. The molecule has 3 aromatic rings. The van der Waals surface area contributed by atoms with E-state index in [0.717, 1.165) is 0 Å². The monoisotopic (exact) mass is 611 g/mol. The number of nitrogens with zero attached hydrogens (tertiary/aromatic N) is 1. The van der Waals surface area contributed by atoms with Crippen LogP contribution in [0.4, 0.5) is 10.1 Å². The molecule has 2 N–H and O–H groups in total. The molecule has 0 spiro atoms. The fourth-order valence-electron chi connectivity index (χ4n) is 3.34. The molecule has 13 heteroatoms. The second-order valence-electron chi connectivity index (χ2n) is 8.21. The van der Waals surface area contributed by atoms with Gasteiger partial charge in [0, 0.05) is 16.3 Å². The van der Waals surface area contributed by atoms with E-state index >= 15 is 4.39 Å². The molecule has 0 bridgehead atoms. The molecule has 8 nitrogen and oxygen atoms in total. The van der Waals surface area contributed by atoms with Crippen LogP contribution < -0.4 is 14.8 Å². The molecule has 2 amide bonds. The Labute approximate surface area is 239 Å². The average Bonchev–Trinajstić information content (AvgIpc) is 2.88. The van der Waals surface area contributed by atoms with Gasteiger partial charge in [0.2, 0.25) is 5.91 Å². The summed E-state index contributed by atoms with van der Waals surface area (Å²) in [6.07, 6.45) is 0.525. The molecule has 0 heterocycles. The largest absolute Gasteiger partial charge is 0.453 e. The zero-order valence-corrected chi connectivity index (χ0v) is 23.4. The maximum Gasteiger partial charge on any atom is 0.264 e. The number of benzene rings is 3. The first kappa shape index (κ1) is 30.2. The highest BCUT2D eigenvalue weighted by atomic mass is 35.5. The van der Waals surface area contributed by atoms with Crippen molar-refractivity contribution in [3.63, 3.8) is 0 Å². The Hall–Kier alpha value is -3.36. The number of hydrogen-bond donors (Lipinski definition) is 2. The van der Waals surface area contributed by atoms with Crippen molar-refractivity contribution in [2.24, 2.45) is 0 Å². The molecule has 204 valence electrons. The van der Waals surface area contributed by atoms with Crippen LogP contribution in [0.5, 0.6) is 11.5 Å². The number of sulfonamides is 1. The summed E-state index contributed by atoms with van der Waals surface area (Å²) in [5.74, 6) is -2.58. The number of anilines is 1. The standard InChI is InChI=1S/C26H21Cl3FN3O5S/c1-2-3-22(29)26(35)33-39(36,37)20-7-5-18(6-8-20)32-23(34)12-16-4-9-21(28)25(24(16)30)38-19-11-15(14-31)10-17(27)13-19/h4-11,13,22H,2-3,12H2,1H3,(H,32,34)(H,33,35). The smallest absolute Gasteiger partial charge is 0.264 e. The Morgan fingerprint density at radius 1 is 1.10 bits per heavy atom. The number of amides is 2. The molecule has 0 fully saturated rings. The molecule has 0 aliphatic rings. The summed E-state index contributed by atoms with van der Waals surface area (Å²) < 4.78 is 47.5. The highest BCUT2D eigenvalue weighted by molar-refractivity contribution is 7.90. The van der Waals surface area contributed by atoms with Crippen molar-refractivity contribution in [3.8, 4) is 17.6 Å².